The topological polar surface area (TPSA) is 81.9 Å². The van der Waals surface area contributed by atoms with Gasteiger partial charge >= 0.3 is 12.2 Å². The summed E-state index contributed by atoms with van der Waals surface area (Å²) >= 11 is 0. The van der Waals surface area contributed by atoms with Crippen molar-refractivity contribution in [1.82, 2.24) is 24.5 Å². The lowest BCUT2D eigenvalue weighted by molar-refractivity contribution is -0.138. The highest BCUT2D eigenvalue weighted by molar-refractivity contribution is 5.96. The molecule has 4 fully saturated rings. The Balaban J connectivity index is 1.19. The number of aliphatic hydroxyl groups is 1. The third-order valence-corrected chi connectivity index (χ3v) is 8.73. The van der Waals surface area contributed by atoms with Gasteiger partial charge in [-0.15, -0.1) is 0 Å². The maximum atomic E-state index is 13.9. The molecule has 210 valence electrons. The number of rotatable bonds is 5. The first-order valence-corrected chi connectivity index (χ1v) is 14.0. The van der Waals surface area contributed by atoms with Gasteiger partial charge in [0.1, 0.15) is 0 Å². The summed E-state index contributed by atoms with van der Waals surface area (Å²) in [4.78, 5) is 31.9. The van der Waals surface area contributed by atoms with E-state index in [1.807, 2.05) is 9.58 Å². The van der Waals surface area contributed by atoms with Gasteiger partial charge in [0.2, 0.25) is 0 Å². The molecular weight excluding hydrogens is 511 g/mol. The Bertz CT molecular complexity index is 1230. The third-order valence-electron chi connectivity index (χ3n) is 8.73. The molecule has 0 bridgehead atoms. The van der Waals surface area contributed by atoms with Gasteiger partial charge in [-0.3, -0.25) is 9.48 Å². The molecule has 4 heterocycles. The van der Waals surface area contributed by atoms with Crippen LogP contribution in [0.3, 0.4) is 0 Å². The number of halogens is 3. The molecule has 3 saturated heterocycles. The number of carbonyl (C=O) groups is 2. The van der Waals surface area contributed by atoms with E-state index < -0.39 is 17.8 Å². The minimum Gasteiger partial charge on any atom is -0.396 e. The summed E-state index contributed by atoms with van der Waals surface area (Å²) in [7, 11) is 0. The number of alkyl halides is 3. The van der Waals surface area contributed by atoms with Crippen LogP contribution in [0.15, 0.2) is 30.5 Å². The number of nitrogens with zero attached hydrogens (tertiary/aromatic N) is 5. The van der Waals surface area contributed by atoms with Gasteiger partial charge in [0, 0.05) is 51.2 Å². The minimum absolute atomic E-state index is 0.0103. The van der Waals surface area contributed by atoms with Crippen LogP contribution in [0, 0.1) is 5.92 Å². The van der Waals surface area contributed by atoms with Crippen LogP contribution in [-0.2, 0) is 6.18 Å². The van der Waals surface area contributed by atoms with Gasteiger partial charge in [0.05, 0.1) is 35.1 Å². The number of carbonyl (C=O) groups excluding carboxylic acids is 2. The molecule has 8 nitrogen and oxygen atoms in total. The molecule has 1 aromatic heterocycles. The van der Waals surface area contributed by atoms with E-state index in [4.69, 9.17) is 0 Å². The monoisotopic (exact) mass is 545 g/mol. The van der Waals surface area contributed by atoms with Crippen molar-refractivity contribution in [3.63, 3.8) is 0 Å². The van der Waals surface area contributed by atoms with E-state index in [1.54, 1.807) is 22.1 Å². The zero-order chi connectivity index (χ0) is 27.3. The molecule has 1 N–H and O–H groups in total. The smallest absolute Gasteiger partial charge is 0.396 e. The van der Waals surface area contributed by atoms with Crippen LogP contribution in [0.25, 0.3) is 0 Å². The summed E-state index contributed by atoms with van der Waals surface area (Å²) in [5.41, 5.74) is 0.871. The summed E-state index contributed by atoms with van der Waals surface area (Å²) in [6.45, 7) is 2.90. The Kier molecular flexibility index (Phi) is 6.81. The second kappa shape index (κ2) is 10.1. The first-order valence-electron chi connectivity index (χ1n) is 14.0. The van der Waals surface area contributed by atoms with E-state index in [9.17, 15) is 27.9 Å². The standard InChI is InChI=1S/C28H34F3N5O3/c29-28(30,31)23-5-2-1-4-21(23)24-6-3-11-35(24)26(38)22-14-32-36(25(22)19-7-8-19)20-9-12-33(13-10-20)27(39)34-15-18(16-34)17-37/h1-2,4-5,14,18-20,24,37H,3,6-13,15-17H2. The van der Waals surface area contributed by atoms with Crippen LogP contribution in [0.5, 0.6) is 0 Å². The fraction of sp³-hybridized carbons (Fsp3) is 0.607. The van der Waals surface area contributed by atoms with Crippen molar-refractivity contribution in [1.29, 1.82) is 0 Å². The highest BCUT2D eigenvalue weighted by Crippen LogP contribution is 2.45. The number of urea groups is 1. The van der Waals surface area contributed by atoms with Crippen molar-refractivity contribution < 1.29 is 27.9 Å². The molecular formula is C28H34F3N5O3. The average molecular weight is 546 g/mol. The summed E-state index contributed by atoms with van der Waals surface area (Å²) < 4.78 is 43.3. The van der Waals surface area contributed by atoms with E-state index in [2.05, 4.69) is 5.10 Å². The second-order valence-corrected chi connectivity index (χ2v) is 11.4. The molecule has 3 amide bonds. The van der Waals surface area contributed by atoms with Crippen molar-refractivity contribution >= 4 is 11.9 Å². The molecule has 0 radical (unpaired) electrons. The maximum absolute atomic E-state index is 13.9. The van der Waals surface area contributed by atoms with Crippen LogP contribution < -0.4 is 0 Å². The van der Waals surface area contributed by atoms with Gasteiger partial charge < -0.3 is 19.8 Å². The van der Waals surface area contributed by atoms with E-state index in [-0.39, 0.29) is 42.0 Å². The van der Waals surface area contributed by atoms with Gasteiger partial charge in [-0.2, -0.15) is 18.3 Å². The van der Waals surface area contributed by atoms with E-state index in [1.165, 1.54) is 12.1 Å². The number of hydrogen-bond acceptors (Lipinski definition) is 4. The summed E-state index contributed by atoms with van der Waals surface area (Å²) in [5.74, 6) is 0.155. The van der Waals surface area contributed by atoms with E-state index >= 15 is 0 Å². The minimum atomic E-state index is -4.48. The van der Waals surface area contributed by atoms with Gasteiger partial charge in [0.25, 0.3) is 5.91 Å². The molecule has 0 spiro atoms. The van der Waals surface area contributed by atoms with Crippen LogP contribution in [-0.4, -0.2) is 80.9 Å². The Morgan fingerprint density at radius 1 is 0.974 bits per heavy atom. The fourth-order valence-corrected chi connectivity index (χ4v) is 6.47. The summed E-state index contributed by atoms with van der Waals surface area (Å²) in [6, 6.07) is 5.02. The van der Waals surface area contributed by atoms with Gasteiger partial charge in [0.15, 0.2) is 0 Å². The lowest BCUT2D eigenvalue weighted by Crippen LogP contribution is -2.57. The highest BCUT2D eigenvalue weighted by Gasteiger charge is 2.42. The lowest BCUT2D eigenvalue weighted by Gasteiger charge is -2.43. The summed E-state index contributed by atoms with van der Waals surface area (Å²) in [5, 5.41) is 13.9. The quantitative estimate of drug-likeness (QED) is 0.603. The number of aromatic nitrogens is 2. The first kappa shape index (κ1) is 26.2. The molecule has 1 aliphatic carbocycles. The number of benzene rings is 1. The predicted molar refractivity (Wildman–Crippen MR) is 136 cm³/mol. The second-order valence-electron chi connectivity index (χ2n) is 11.4. The van der Waals surface area contributed by atoms with Crippen LogP contribution in [0.1, 0.15) is 83.7 Å². The number of amides is 3. The molecule has 39 heavy (non-hydrogen) atoms. The molecule has 1 unspecified atom stereocenters. The van der Waals surface area contributed by atoms with Gasteiger partial charge in [-0.25, -0.2) is 4.79 Å². The molecule has 11 heteroatoms. The third kappa shape index (κ3) is 4.90. The Morgan fingerprint density at radius 2 is 1.69 bits per heavy atom. The largest absolute Gasteiger partial charge is 0.416 e. The van der Waals surface area contributed by atoms with Gasteiger partial charge in [-0.1, -0.05) is 18.2 Å². The fourth-order valence-electron chi connectivity index (χ4n) is 6.47. The SMILES string of the molecule is O=C(N1CCC(n2ncc(C(=O)N3CCCC3c3ccccc3C(F)(F)F)c2C2CC2)CC1)N1CC(CO)C1. The highest BCUT2D eigenvalue weighted by atomic mass is 19.4. The number of hydrogen-bond donors (Lipinski definition) is 1. The van der Waals surface area contributed by atoms with Crippen molar-refractivity contribution in [2.45, 2.75) is 62.7 Å². The van der Waals surface area contributed by atoms with Crippen LogP contribution in [0.4, 0.5) is 18.0 Å². The molecule has 6 rings (SSSR count). The molecule has 1 atom stereocenters. The normalized spacial score (nSPS) is 22.9. The number of likely N-dealkylation sites (tertiary alicyclic amines) is 3. The number of piperidine rings is 1. The zero-order valence-electron chi connectivity index (χ0n) is 21.8. The van der Waals surface area contributed by atoms with Crippen LogP contribution in [0.2, 0.25) is 0 Å². The van der Waals surface area contributed by atoms with Crippen molar-refractivity contribution in [2.24, 2.45) is 5.92 Å². The Hall–Kier alpha value is -3.08. The maximum Gasteiger partial charge on any atom is 0.416 e. The Morgan fingerprint density at radius 3 is 2.36 bits per heavy atom. The van der Waals surface area contributed by atoms with E-state index in [0.717, 1.165) is 37.4 Å². The van der Waals surface area contributed by atoms with E-state index in [0.29, 0.717) is 51.1 Å². The molecule has 1 aromatic carbocycles. The molecule has 4 aliphatic rings. The lowest BCUT2D eigenvalue weighted by atomic mass is 9.97. The molecule has 1 saturated carbocycles. The summed E-state index contributed by atoms with van der Waals surface area (Å²) in [6.07, 6.45) is 1.65. The van der Waals surface area contributed by atoms with Crippen LogP contribution >= 0.6 is 0 Å². The predicted octanol–water partition coefficient (Wildman–Crippen LogP) is 4.44. The first-order chi connectivity index (χ1) is 18.8. The zero-order valence-corrected chi connectivity index (χ0v) is 21.8. The Labute approximate surface area is 225 Å². The average Bonchev–Trinajstić information content (AvgIpc) is 3.45. The number of aliphatic hydroxyl groups excluding tert-OH is 1. The molecule has 3 aliphatic heterocycles. The van der Waals surface area contributed by atoms with Gasteiger partial charge in [-0.05, 0) is 50.2 Å². The van der Waals surface area contributed by atoms with Crippen molar-refractivity contribution in [3.05, 3.63) is 52.8 Å². The van der Waals surface area contributed by atoms with Crippen molar-refractivity contribution in [2.75, 3.05) is 39.3 Å². The molecule has 2 aromatic rings. The van der Waals surface area contributed by atoms with Crippen molar-refractivity contribution in [3.8, 4) is 0 Å².